The molecule has 0 radical (unpaired) electrons. The molecule has 15 heavy (non-hydrogen) atoms. The van der Waals surface area contributed by atoms with Gasteiger partial charge in [-0.1, -0.05) is 11.6 Å². The van der Waals surface area contributed by atoms with Crippen molar-refractivity contribution in [2.24, 2.45) is 5.73 Å². The number of ether oxygens (including phenoxy) is 1. The summed E-state index contributed by atoms with van der Waals surface area (Å²) in [5.41, 5.74) is 6.37. The average Bonchev–Trinajstić information content (AvgIpc) is 2.17. The minimum atomic E-state index is -0.920. The second-order valence-electron chi connectivity index (χ2n) is 3.22. The summed E-state index contributed by atoms with van der Waals surface area (Å²) >= 11 is 5.86. The highest BCUT2D eigenvalue weighted by atomic mass is 35.5. The molecular formula is C10H14ClNO3. The SMILES string of the molecule is COc1c(Cl)cc(C)c(C(O)CN)c1O. The van der Waals surface area contributed by atoms with Crippen LogP contribution in [0.3, 0.4) is 0 Å². The first-order valence-electron chi connectivity index (χ1n) is 4.47. The molecule has 0 saturated carbocycles. The molecular weight excluding hydrogens is 218 g/mol. The van der Waals surface area contributed by atoms with Gasteiger partial charge in [0.15, 0.2) is 11.5 Å². The first-order valence-corrected chi connectivity index (χ1v) is 4.84. The number of hydrogen-bond acceptors (Lipinski definition) is 4. The maximum atomic E-state index is 9.83. The Morgan fingerprint density at radius 3 is 2.67 bits per heavy atom. The van der Waals surface area contributed by atoms with E-state index in [0.717, 1.165) is 0 Å². The van der Waals surface area contributed by atoms with E-state index in [1.54, 1.807) is 13.0 Å². The van der Waals surface area contributed by atoms with Crippen molar-refractivity contribution >= 4 is 11.6 Å². The molecule has 0 amide bonds. The molecule has 1 atom stereocenters. The molecule has 0 aliphatic heterocycles. The maximum absolute atomic E-state index is 9.83. The molecule has 4 N–H and O–H groups in total. The van der Waals surface area contributed by atoms with Gasteiger partial charge >= 0.3 is 0 Å². The number of halogens is 1. The van der Waals surface area contributed by atoms with Crippen molar-refractivity contribution in [1.29, 1.82) is 0 Å². The Hall–Kier alpha value is -0.970. The lowest BCUT2D eigenvalue weighted by Crippen LogP contribution is -2.13. The van der Waals surface area contributed by atoms with Crippen molar-refractivity contribution < 1.29 is 14.9 Å². The number of aromatic hydroxyl groups is 1. The van der Waals surface area contributed by atoms with E-state index in [9.17, 15) is 10.2 Å². The van der Waals surface area contributed by atoms with Gasteiger partial charge in [0.05, 0.1) is 18.2 Å². The number of rotatable bonds is 3. The third-order valence-electron chi connectivity index (χ3n) is 2.22. The third-order valence-corrected chi connectivity index (χ3v) is 2.50. The first kappa shape index (κ1) is 12.1. The summed E-state index contributed by atoms with van der Waals surface area (Å²) in [5.74, 6) is 0.00483. The van der Waals surface area contributed by atoms with E-state index in [2.05, 4.69) is 0 Å². The molecule has 1 aromatic rings. The van der Waals surface area contributed by atoms with Gasteiger partial charge in [-0.25, -0.2) is 0 Å². The highest BCUT2D eigenvalue weighted by molar-refractivity contribution is 6.32. The van der Waals surface area contributed by atoms with Crippen molar-refractivity contribution in [2.75, 3.05) is 13.7 Å². The quantitative estimate of drug-likeness (QED) is 0.734. The molecule has 4 nitrogen and oxygen atoms in total. The van der Waals surface area contributed by atoms with Crippen LogP contribution < -0.4 is 10.5 Å². The molecule has 5 heteroatoms. The minimum absolute atomic E-state index is 0.0270. The minimum Gasteiger partial charge on any atom is -0.504 e. The normalized spacial score (nSPS) is 12.6. The second-order valence-corrected chi connectivity index (χ2v) is 3.63. The predicted octanol–water partition coefficient (Wildman–Crippen LogP) is 1.35. The maximum Gasteiger partial charge on any atom is 0.179 e. The van der Waals surface area contributed by atoms with E-state index in [4.69, 9.17) is 22.1 Å². The standard InChI is InChI=1S/C10H14ClNO3/c1-5-3-6(11)10(15-2)9(14)8(5)7(13)4-12/h3,7,13-14H,4,12H2,1-2H3. The summed E-state index contributed by atoms with van der Waals surface area (Å²) in [4.78, 5) is 0. The van der Waals surface area contributed by atoms with Crippen LogP contribution in [0.5, 0.6) is 11.5 Å². The monoisotopic (exact) mass is 231 g/mol. The van der Waals surface area contributed by atoms with Gasteiger partial charge < -0.3 is 20.7 Å². The van der Waals surface area contributed by atoms with Crippen LogP contribution in [-0.2, 0) is 0 Å². The van der Waals surface area contributed by atoms with E-state index in [0.29, 0.717) is 16.1 Å². The summed E-state index contributed by atoms with van der Waals surface area (Å²) in [6.07, 6.45) is -0.920. The number of phenolic OH excluding ortho intramolecular Hbond substituents is 1. The molecule has 0 heterocycles. The fourth-order valence-electron chi connectivity index (χ4n) is 1.49. The van der Waals surface area contributed by atoms with E-state index in [1.165, 1.54) is 7.11 Å². The zero-order valence-corrected chi connectivity index (χ0v) is 9.38. The van der Waals surface area contributed by atoms with Crippen molar-refractivity contribution in [2.45, 2.75) is 13.0 Å². The highest BCUT2D eigenvalue weighted by Gasteiger charge is 2.20. The number of aliphatic hydroxyl groups is 1. The largest absolute Gasteiger partial charge is 0.504 e. The summed E-state index contributed by atoms with van der Waals surface area (Å²) in [5, 5.41) is 19.8. The fraction of sp³-hybridized carbons (Fsp3) is 0.400. The number of hydrogen-bond donors (Lipinski definition) is 3. The number of aryl methyl sites for hydroxylation is 1. The van der Waals surface area contributed by atoms with Crippen LogP contribution in [0.15, 0.2) is 6.07 Å². The summed E-state index contributed by atoms with van der Waals surface area (Å²) in [6, 6.07) is 1.62. The van der Waals surface area contributed by atoms with Crippen LogP contribution in [-0.4, -0.2) is 23.9 Å². The summed E-state index contributed by atoms with van der Waals surface area (Å²) < 4.78 is 4.93. The van der Waals surface area contributed by atoms with E-state index >= 15 is 0 Å². The number of aliphatic hydroxyl groups excluding tert-OH is 1. The van der Waals surface area contributed by atoms with Gasteiger partial charge in [0.2, 0.25) is 0 Å². The molecule has 1 unspecified atom stereocenters. The number of phenols is 1. The molecule has 0 fully saturated rings. The lowest BCUT2D eigenvalue weighted by molar-refractivity contribution is 0.181. The van der Waals surface area contributed by atoms with Crippen LogP contribution in [0.25, 0.3) is 0 Å². The van der Waals surface area contributed by atoms with Crippen LogP contribution in [0, 0.1) is 6.92 Å². The number of benzene rings is 1. The molecule has 0 spiro atoms. The first-order chi connectivity index (χ1) is 7.02. The molecule has 0 saturated heterocycles. The smallest absolute Gasteiger partial charge is 0.179 e. The zero-order valence-electron chi connectivity index (χ0n) is 8.62. The Kier molecular flexibility index (Phi) is 3.79. The Morgan fingerprint density at radius 2 is 2.20 bits per heavy atom. The van der Waals surface area contributed by atoms with E-state index < -0.39 is 6.10 Å². The van der Waals surface area contributed by atoms with Crippen LogP contribution in [0.2, 0.25) is 5.02 Å². The molecule has 0 aliphatic carbocycles. The van der Waals surface area contributed by atoms with Crippen molar-refractivity contribution in [1.82, 2.24) is 0 Å². The van der Waals surface area contributed by atoms with Gasteiger partial charge in [-0.15, -0.1) is 0 Å². The van der Waals surface area contributed by atoms with Crippen molar-refractivity contribution in [3.63, 3.8) is 0 Å². The van der Waals surface area contributed by atoms with Gasteiger partial charge in [0.25, 0.3) is 0 Å². The van der Waals surface area contributed by atoms with Gasteiger partial charge in [0.1, 0.15) is 0 Å². The fourth-order valence-corrected chi connectivity index (χ4v) is 1.82. The molecule has 0 bridgehead atoms. The Morgan fingerprint density at radius 1 is 1.60 bits per heavy atom. The van der Waals surface area contributed by atoms with Crippen LogP contribution in [0.4, 0.5) is 0 Å². The number of methoxy groups -OCH3 is 1. The van der Waals surface area contributed by atoms with Gasteiger partial charge in [-0.05, 0) is 18.6 Å². The van der Waals surface area contributed by atoms with Gasteiger partial charge in [-0.2, -0.15) is 0 Å². The van der Waals surface area contributed by atoms with Gasteiger partial charge in [-0.3, -0.25) is 0 Å². The Bertz CT molecular complexity index is 368. The molecule has 1 rings (SSSR count). The predicted molar refractivity (Wildman–Crippen MR) is 58.4 cm³/mol. The summed E-state index contributed by atoms with van der Waals surface area (Å²) in [6.45, 7) is 1.76. The van der Waals surface area contributed by atoms with Crippen molar-refractivity contribution in [3.05, 3.63) is 22.2 Å². The average molecular weight is 232 g/mol. The van der Waals surface area contributed by atoms with Crippen LogP contribution in [0.1, 0.15) is 17.2 Å². The lowest BCUT2D eigenvalue weighted by atomic mass is 10.0. The second kappa shape index (κ2) is 4.70. The molecule has 1 aromatic carbocycles. The molecule has 84 valence electrons. The summed E-state index contributed by atoms with van der Waals surface area (Å²) in [7, 11) is 1.40. The molecule has 0 aliphatic rings. The Labute approximate surface area is 93.2 Å². The highest BCUT2D eigenvalue weighted by Crippen LogP contribution is 2.41. The number of nitrogens with two attached hydrogens (primary N) is 1. The van der Waals surface area contributed by atoms with E-state index in [-0.39, 0.29) is 18.0 Å². The third kappa shape index (κ3) is 2.17. The van der Waals surface area contributed by atoms with Gasteiger partial charge in [0, 0.05) is 12.1 Å². The molecule has 0 aromatic heterocycles. The Balaban J connectivity index is 3.38. The van der Waals surface area contributed by atoms with Crippen LogP contribution >= 0.6 is 11.6 Å². The lowest BCUT2D eigenvalue weighted by Gasteiger charge is -2.16. The zero-order chi connectivity index (χ0) is 11.6. The van der Waals surface area contributed by atoms with Crippen molar-refractivity contribution in [3.8, 4) is 11.5 Å². The van der Waals surface area contributed by atoms with E-state index in [1.807, 2.05) is 0 Å². The topological polar surface area (TPSA) is 75.7 Å².